The van der Waals surface area contributed by atoms with E-state index >= 15 is 0 Å². The molecule has 0 spiro atoms. The largest absolute Gasteiger partial charge is 0.417 e. The van der Waals surface area contributed by atoms with Gasteiger partial charge in [-0.2, -0.15) is 13.2 Å². The van der Waals surface area contributed by atoms with Crippen LogP contribution < -0.4 is 26.4 Å². The van der Waals surface area contributed by atoms with E-state index in [4.69, 9.17) is 4.52 Å². The zero-order valence-corrected chi connectivity index (χ0v) is 50.1. The maximum Gasteiger partial charge on any atom is 0.417 e. The quantitative estimate of drug-likeness (QED) is 0.0405. The van der Waals surface area contributed by atoms with Crippen molar-refractivity contribution in [3.8, 4) is 21.6 Å². The smallest absolute Gasteiger partial charge is 0.391 e. The molecular formula is C63H76F3N11O8S. The first-order chi connectivity index (χ1) is 41.2. The number of likely N-dealkylation sites (tertiary alicyclic amines) is 1. The highest BCUT2D eigenvalue weighted by Gasteiger charge is 2.44. The van der Waals surface area contributed by atoms with Crippen LogP contribution in [0.4, 0.5) is 24.5 Å². The van der Waals surface area contributed by atoms with Crippen LogP contribution in [0.1, 0.15) is 115 Å². The third-order valence-electron chi connectivity index (χ3n) is 16.4. The molecule has 5 amide bonds. The number of likely N-dealkylation sites (N-methyl/N-ethyl adjacent to an activating group) is 1. The predicted molar refractivity (Wildman–Crippen MR) is 322 cm³/mol. The molecule has 86 heavy (non-hydrogen) atoms. The lowest BCUT2D eigenvalue weighted by Gasteiger charge is -2.35. The summed E-state index contributed by atoms with van der Waals surface area (Å²) in [6.07, 6.45) is -1.64. The second-order valence-electron chi connectivity index (χ2n) is 23.1. The van der Waals surface area contributed by atoms with E-state index in [1.54, 1.807) is 24.6 Å². The highest BCUT2D eigenvalue weighted by Crippen LogP contribution is 2.37. The van der Waals surface area contributed by atoms with Gasteiger partial charge in [0.1, 0.15) is 17.7 Å². The van der Waals surface area contributed by atoms with Crippen molar-refractivity contribution in [2.45, 2.75) is 109 Å². The van der Waals surface area contributed by atoms with Crippen molar-refractivity contribution < 1.29 is 46.8 Å². The summed E-state index contributed by atoms with van der Waals surface area (Å²) in [5.74, 6) is -2.47. The third-order valence-corrected chi connectivity index (χ3v) is 17.3. The van der Waals surface area contributed by atoms with Crippen LogP contribution in [0, 0.1) is 19.8 Å². The number of aryl methyl sites for hydroxylation is 2. The van der Waals surface area contributed by atoms with E-state index in [9.17, 15) is 47.0 Å². The number of nitrogens with zero attached hydrogens (tertiary/aromatic N) is 7. The Morgan fingerprint density at radius 2 is 1.58 bits per heavy atom. The number of aromatic amines is 1. The first kappa shape index (κ1) is 62.8. The Hall–Kier alpha value is -7.73. The molecule has 19 nitrogen and oxygen atoms in total. The number of hydrogen-bond donors (Lipinski definition) is 5. The molecule has 3 aliphatic rings. The average molecular weight is 1200 g/mol. The van der Waals surface area contributed by atoms with Crippen molar-refractivity contribution in [2.75, 3.05) is 82.7 Å². The van der Waals surface area contributed by atoms with Crippen molar-refractivity contribution in [1.82, 2.24) is 45.4 Å². The average Bonchev–Trinajstić information content (AvgIpc) is 4.29. The summed E-state index contributed by atoms with van der Waals surface area (Å²) < 4.78 is 47.5. The van der Waals surface area contributed by atoms with Crippen molar-refractivity contribution in [2.24, 2.45) is 5.92 Å². The van der Waals surface area contributed by atoms with Gasteiger partial charge in [-0.05, 0) is 85.7 Å². The number of nitrogens with one attached hydrogen (secondary N) is 4. The molecule has 23 heteroatoms. The molecule has 5 N–H and O–H groups in total. The molecule has 0 radical (unpaired) electrons. The number of anilines is 2. The summed E-state index contributed by atoms with van der Waals surface area (Å²) in [5.41, 5.74) is 5.67. The van der Waals surface area contributed by atoms with Gasteiger partial charge in [-0.25, -0.2) is 4.98 Å². The summed E-state index contributed by atoms with van der Waals surface area (Å²) >= 11 is 1.52. The van der Waals surface area contributed by atoms with E-state index in [1.807, 2.05) is 87.3 Å². The SMILES string of the molecule is Cc1cc(C(C(=O)N2C[C@H](O)C[C@H]2C(=O)NC(CC(=O)NCCCCCCC(=O)N2CCN(Cc3cccc(-c4ccc(N5CCN(C)CC5)c(NC(=O)c5c[nH]c(=O)cc5C(F)(F)F)c4)c3)CC2)c2ccc(-c3scnc3C)cc2)C(C)C)on1. The summed E-state index contributed by atoms with van der Waals surface area (Å²) in [5, 5.41) is 23.6. The number of halogens is 3. The fourth-order valence-electron chi connectivity index (χ4n) is 11.6. The number of pyridine rings is 1. The Bertz CT molecular complexity index is 3410. The molecule has 3 aromatic heterocycles. The Kier molecular flexibility index (Phi) is 20.6. The Balaban J connectivity index is 0.736. The number of aliphatic hydroxyl groups excluding tert-OH is 1. The van der Waals surface area contributed by atoms with Crippen LogP contribution in [-0.2, 0) is 31.9 Å². The molecule has 0 aliphatic carbocycles. The lowest BCUT2D eigenvalue weighted by molar-refractivity contribution is -0.141. The maximum absolute atomic E-state index is 14.2. The predicted octanol–water partition coefficient (Wildman–Crippen LogP) is 8.15. The number of aromatic nitrogens is 3. The Morgan fingerprint density at radius 3 is 2.27 bits per heavy atom. The number of thiazole rings is 1. The van der Waals surface area contributed by atoms with Crippen molar-refractivity contribution in [3.05, 3.63) is 140 Å². The maximum atomic E-state index is 14.2. The van der Waals surface area contributed by atoms with Gasteiger partial charge in [0.2, 0.25) is 29.2 Å². The summed E-state index contributed by atoms with van der Waals surface area (Å²) in [7, 11) is 2.01. The minimum absolute atomic E-state index is 0.0208. The standard InChI is InChI=1S/C63H76F3N11O8S/c1-39(2)58(54-29-40(3)72-85-54)62(84)77-37-47(78)32-53(77)61(83)70-50(43-14-16-44(17-15-43)59-41(4)69-38-86-59)34-56(80)67-20-9-7-6-8-13-57(81)76-27-23-74(24-28-76)36-42-11-10-12-45(30-42)46-18-19-52(75-25-21-73(5)22-26-75)51(31-46)71-60(82)48-35-68-55(79)33-49(48)63(64,65)66/h10-12,14-19,29-31,33,35,38-39,47,50,53,58,78H,6-9,13,20-28,32,34,36-37H2,1-5H3,(H,67,80)(H,68,79)(H,70,83)(H,71,82)/t47-,50?,53+,58?/m1/s1. The fraction of sp³-hybridized carbons (Fsp3) is 0.460. The molecule has 3 saturated heterocycles. The first-order valence-electron chi connectivity index (χ1n) is 29.5. The molecule has 9 rings (SSSR count). The van der Waals surface area contributed by atoms with Crippen LogP contribution >= 0.6 is 11.3 Å². The van der Waals surface area contributed by atoms with Crippen LogP contribution in [0.3, 0.4) is 0 Å². The molecule has 0 bridgehead atoms. The number of benzene rings is 3. The molecule has 3 aliphatic heterocycles. The number of piperazine rings is 2. The zero-order chi connectivity index (χ0) is 61.2. The van der Waals surface area contributed by atoms with E-state index in [-0.39, 0.29) is 43.0 Å². The fourth-order valence-corrected chi connectivity index (χ4v) is 12.4. The Labute approximate surface area is 502 Å². The molecule has 3 aromatic carbocycles. The zero-order valence-electron chi connectivity index (χ0n) is 49.3. The lowest BCUT2D eigenvalue weighted by Crippen LogP contribution is -2.49. The number of β-amino-alcohol motifs (C(OH)–C–C–N with tert-alkyl or cyclic N) is 1. The minimum Gasteiger partial charge on any atom is -0.391 e. The second kappa shape index (κ2) is 28.2. The van der Waals surface area contributed by atoms with Crippen LogP contribution in [0.5, 0.6) is 0 Å². The van der Waals surface area contributed by atoms with Crippen LogP contribution in [0.25, 0.3) is 21.6 Å². The molecule has 3 fully saturated rings. The summed E-state index contributed by atoms with van der Waals surface area (Å²) in [4.78, 5) is 98.2. The van der Waals surface area contributed by atoms with Crippen molar-refractivity contribution in [3.63, 3.8) is 0 Å². The van der Waals surface area contributed by atoms with Gasteiger partial charge in [0.05, 0.1) is 62.8 Å². The van der Waals surface area contributed by atoms with E-state index in [0.29, 0.717) is 106 Å². The third kappa shape index (κ3) is 15.8. The minimum atomic E-state index is -4.92. The second-order valence-corrected chi connectivity index (χ2v) is 24.0. The van der Waals surface area contributed by atoms with Gasteiger partial charge >= 0.3 is 6.18 Å². The highest BCUT2D eigenvalue weighted by molar-refractivity contribution is 7.13. The molecule has 0 saturated carbocycles. The van der Waals surface area contributed by atoms with Crippen LogP contribution in [-0.4, -0.2) is 154 Å². The van der Waals surface area contributed by atoms with Crippen molar-refractivity contribution in [1.29, 1.82) is 0 Å². The monoisotopic (exact) mass is 1200 g/mol. The van der Waals surface area contributed by atoms with Gasteiger partial charge in [0.25, 0.3) is 5.91 Å². The number of carbonyl (C=O) groups excluding carboxylic acids is 5. The van der Waals surface area contributed by atoms with Gasteiger partial charge in [0, 0.05) is 103 Å². The normalized spacial score (nSPS) is 17.6. The van der Waals surface area contributed by atoms with E-state index in [1.165, 1.54) is 16.2 Å². The number of aliphatic hydroxyl groups is 1. The van der Waals surface area contributed by atoms with Gasteiger partial charge in [0.15, 0.2) is 0 Å². The van der Waals surface area contributed by atoms with E-state index < -0.39 is 58.8 Å². The number of H-pyrrole nitrogens is 1. The van der Waals surface area contributed by atoms with Crippen LogP contribution in [0.2, 0.25) is 0 Å². The molecule has 2 unspecified atom stereocenters. The molecule has 6 aromatic rings. The van der Waals surface area contributed by atoms with Gasteiger partial charge in [-0.3, -0.25) is 33.7 Å². The number of unbranched alkanes of at least 4 members (excludes halogenated alkanes) is 3. The van der Waals surface area contributed by atoms with E-state index in [0.717, 1.165) is 65.0 Å². The molecular weight excluding hydrogens is 1130 g/mol. The Morgan fingerprint density at radius 1 is 0.860 bits per heavy atom. The van der Waals surface area contributed by atoms with Gasteiger partial charge in [-0.15, -0.1) is 11.3 Å². The van der Waals surface area contributed by atoms with Crippen molar-refractivity contribution >= 4 is 52.2 Å². The number of carbonyl (C=O) groups is 5. The molecule has 4 atom stereocenters. The number of hydrogen-bond acceptors (Lipinski definition) is 14. The topological polar surface area (TPSA) is 230 Å². The van der Waals surface area contributed by atoms with E-state index in [2.05, 4.69) is 51.8 Å². The molecule has 458 valence electrons. The molecule has 6 heterocycles. The number of alkyl halides is 3. The summed E-state index contributed by atoms with van der Waals surface area (Å²) in [6.45, 7) is 13.9. The highest BCUT2D eigenvalue weighted by atomic mass is 32.1. The number of rotatable bonds is 22. The van der Waals surface area contributed by atoms with Gasteiger partial charge < -0.3 is 50.2 Å². The summed E-state index contributed by atoms with van der Waals surface area (Å²) in [6, 6.07) is 21.6. The lowest BCUT2D eigenvalue weighted by atomic mass is 9.91. The first-order valence-corrected chi connectivity index (χ1v) is 30.3. The van der Waals surface area contributed by atoms with Crippen LogP contribution in [0.15, 0.2) is 99.9 Å². The number of amides is 5. The van der Waals surface area contributed by atoms with Gasteiger partial charge in [-0.1, -0.05) is 80.4 Å².